The van der Waals surface area contributed by atoms with Crippen LogP contribution in [0.1, 0.15) is 19.8 Å². The summed E-state index contributed by atoms with van der Waals surface area (Å²) in [7, 11) is 1.88. The summed E-state index contributed by atoms with van der Waals surface area (Å²) in [5.74, 6) is 0.992. The number of hydrogen-bond acceptors (Lipinski definition) is 4. The van der Waals surface area contributed by atoms with Crippen molar-refractivity contribution in [2.75, 3.05) is 19.4 Å². The normalized spacial score (nSPS) is 14.6. The van der Waals surface area contributed by atoms with Crippen LogP contribution in [0.2, 0.25) is 5.02 Å². The Kier molecular flexibility index (Phi) is 6.27. The molecule has 0 radical (unpaired) electrons. The van der Waals surface area contributed by atoms with Gasteiger partial charge in [0.05, 0.1) is 16.7 Å². The topological polar surface area (TPSA) is 45.1 Å². The largest absolute Gasteiger partial charge is 0.394 e. The van der Waals surface area contributed by atoms with Gasteiger partial charge < -0.3 is 10.4 Å². The van der Waals surface area contributed by atoms with Crippen LogP contribution < -0.4 is 5.32 Å². The number of likely N-dealkylation sites (N-methyl/N-ethyl adjacent to an activating group) is 1. The third-order valence-corrected chi connectivity index (χ3v) is 4.03. The van der Waals surface area contributed by atoms with Crippen LogP contribution >= 0.6 is 23.4 Å². The van der Waals surface area contributed by atoms with E-state index in [0.717, 1.165) is 23.6 Å². The summed E-state index contributed by atoms with van der Waals surface area (Å²) in [6.07, 6.45) is 3.64. The summed E-state index contributed by atoms with van der Waals surface area (Å²) in [6, 6.07) is 3.78. The molecule has 0 saturated heterocycles. The molecule has 0 spiro atoms. The molecule has 2 N–H and O–H groups in total. The molecule has 5 heteroatoms. The number of aliphatic hydroxyl groups excluding tert-OH is 1. The Morgan fingerprint density at radius 3 is 2.82 bits per heavy atom. The first-order chi connectivity index (χ1) is 8.09. The van der Waals surface area contributed by atoms with Gasteiger partial charge in [-0.2, -0.15) is 0 Å². The second-order valence-electron chi connectivity index (χ2n) is 4.24. The van der Waals surface area contributed by atoms with Crippen molar-refractivity contribution < 1.29 is 5.11 Å². The minimum atomic E-state index is -0.173. The molecular formula is C12H19ClN2OS. The third kappa shape index (κ3) is 5.25. The molecule has 0 aliphatic carbocycles. The number of thioether (sulfide) groups is 1. The fourth-order valence-corrected chi connectivity index (χ4v) is 2.27. The van der Waals surface area contributed by atoms with E-state index in [-0.39, 0.29) is 12.1 Å². The average Bonchev–Trinajstić information content (AvgIpc) is 2.36. The number of rotatable bonds is 7. The highest BCUT2D eigenvalue weighted by Gasteiger charge is 2.19. The van der Waals surface area contributed by atoms with Crippen LogP contribution in [0.4, 0.5) is 0 Å². The van der Waals surface area contributed by atoms with E-state index in [1.165, 1.54) is 0 Å². The number of aromatic nitrogens is 1. The van der Waals surface area contributed by atoms with Gasteiger partial charge in [0.1, 0.15) is 0 Å². The molecule has 17 heavy (non-hydrogen) atoms. The zero-order chi connectivity index (χ0) is 12.7. The molecule has 0 aliphatic rings. The van der Waals surface area contributed by atoms with Crippen LogP contribution in [-0.4, -0.2) is 35.0 Å². The molecule has 1 atom stereocenters. The van der Waals surface area contributed by atoms with E-state index in [0.29, 0.717) is 5.02 Å². The first-order valence-corrected chi connectivity index (χ1v) is 7.00. The lowest BCUT2D eigenvalue weighted by molar-refractivity contribution is 0.173. The van der Waals surface area contributed by atoms with Crippen molar-refractivity contribution in [2.24, 2.45) is 0 Å². The maximum absolute atomic E-state index is 9.24. The van der Waals surface area contributed by atoms with Gasteiger partial charge >= 0.3 is 0 Å². The standard InChI is InChI=1S/C12H19ClN2OS/c1-12(9-16,14-2)6-3-7-17-11-5-4-10(13)8-15-11/h4-5,8,14,16H,3,6-7,9H2,1-2H3. The molecule has 0 bridgehead atoms. The Morgan fingerprint density at radius 2 is 2.29 bits per heavy atom. The monoisotopic (exact) mass is 274 g/mol. The zero-order valence-electron chi connectivity index (χ0n) is 10.2. The molecule has 0 fully saturated rings. The molecule has 0 aliphatic heterocycles. The summed E-state index contributed by atoms with van der Waals surface area (Å²) in [5.41, 5.74) is -0.173. The van der Waals surface area contributed by atoms with E-state index in [1.807, 2.05) is 26.1 Å². The SMILES string of the molecule is CNC(C)(CO)CCCSc1ccc(Cl)cn1. The number of pyridine rings is 1. The lowest BCUT2D eigenvalue weighted by atomic mass is 9.98. The van der Waals surface area contributed by atoms with Gasteiger partial charge in [-0.3, -0.25) is 0 Å². The maximum atomic E-state index is 9.24. The molecular weight excluding hydrogens is 256 g/mol. The van der Waals surface area contributed by atoms with E-state index in [9.17, 15) is 5.11 Å². The quantitative estimate of drug-likeness (QED) is 0.593. The number of aliphatic hydroxyl groups is 1. The Balaban J connectivity index is 2.26. The van der Waals surface area contributed by atoms with Gasteiger partial charge in [-0.15, -0.1) is 11.8 Å². The van der Waals surface area contributed by atoms with Gasteiger partial charge in [0.15, 0.2) is 0 Å². The van der Waals surface area contributed by atoms with Crippen molar-refractivity contribution in [1.29, 1.82) is 0 Å². The van der Waals surface area contributed by atoms with Crippen molar-refractivity contribution in [3.63, 3.8) is 0 Å². The number of hydrogen-bond donors (Lipinski definition) is 2. The second kappa shape index (κ2) is 7.21. The predicted octanol–water partition coefficient (Wildman–Crippen LogP) is 2.58. The van der Waals surface area contributed by atoms with Gasteiger partial charge in [0.2, 0.25) is 0 Å². The van der Waals surface area contributed by atoms with Gasteiger partial charge in [-0.1, -0.05) is 11.6 Å². The van der Waals surface area contributed by atoms with Crippen molar-refractivity contribution in [3.8, 4) is 0 Å². The van der Waals surface area contributed by atoms with E-state index in [2.05, 4.69) is 10.3 Å². The Labute approximate surface area is 112 Å². The Bertz CT molecular complexity index is 328. The summed E-state index contributed by atoms with van der Waals surface area (Å²) in [4.78, 5) is 4.22. The van der Waals surface area contributed by atoms with E-state index in [4.69, 9.17) is 11.6 Å². The zero-order valence-corrected chi connectivity index (χ0v) is 11.8. The van der Waals surface area contributed by atoms with Crippen LogP contribution in [0.15, 0.2) is 23.4 Å². The van der Waals surface area contributed by atoms with Crippen molar-refractivity contribution in [1.82, 2.24) is 10.3 Å². The lowest BCUT2D eigenvalue weighted by Gasteiger charge is -2.26. The van der Waals surface area contributed by atoms with Gasteiger partial charge in [-0.25, -0.2) is 4.98 Å². The average molecular weight is 275 g/mol. The molecule has 1 rings (SSSR count). The van der Waals surface area contributed by atoms with Crippen molar-refractivity contribution in [3.05, 3.63) is 23.4 Å². The van der Waals surface area contributed by atoms with Crippen molar-refractivity contribution >= 4 is 23.4 Å². The lowest BCUT2D eigenvalue weighted by Crippen LogP contribution is -2.43. The van der Waals surface area contributed by atoms with Crippen LogP contribution in [0.3, 0.4) is 0 Å². The first kappa shape index (κ1) is 14.8. The number of nitrogens with zero attached hydrogens (tertiary/aromatic N) is 1. The molecule has 1 aromatic heterocycles. The molecule has 3 nitrogen and oxygen atoms in total. The fourth-order valence-electron chi connectivity index (χ4n) is 1.37. The summed E-state index contributed by atoms with van der Waals surface area (Å²) < 4.78 is 0. The maximum Gasteiger partial charge on any atom is 0.0960 e. The smallest absolute Gasteiger partial charge is 0.0960 e. The summed E-state index contributed by atoms with van der Waals surface area (Å²) in [6.45, 7) is 2.19. The van der Waals surface area contributed by atoms with Gasteiger partial charge in [-0.05, 0) is 44.7 Å². The molecule has 1 unspecified atom stereocenters. The highest BCUT2D eigenvalue weighted by Crippen LogP contribution is 2.20. The summed E-state index contributed by atoms with van der Waals surface area (Å²) >= 11 is 7.47. The summed E-state index contributed by atoms with van der Waals surface area (Å²) in [5, 5.41) is 14.0. The van der Waals surface area contributed by atoms with Gasteiger partial charge in [0.25, 0.3) is 0 Å². The number of halogens is 1. The molecule has 96 valence electrons. The van der Waals surface area contributed by atoms with Crippen molar-refractivity contribution in [2.45, 2.75) is 30.3 Å². The highest BCUT2D eigenvalue weighted by atomic mass is 35.5. The second-order valence-corrected chi connectivity index (χ2v) is 5.79. The Hall–Kier alpha value is -0.290. The predicted molar refractivity (Wildman–Crippen MR) is 73.8 cm³/mol. The van der Waals surface area contributed by atoms with Crippen LogP contribution in [0.25, 0.3) is 0 Å². The van der Waals surface area contributed by atoms with Crippen LogP contribution in [0.5, 0.6) is 0 Å². The van der Waals surface area contributed by atoms with E-state index < -0.39 is 0 Å². The van der Waals surface area contributed by atoms with Crippen LogP contribution in [0, 0.1) is 0 Å². The highest BCUT2D eigenvalue weighted by molar-refractivity contribution is 7.99. The fraction of sp³-hybridized carbons (Fsp3) is 0.583. The first-order valence-electron chi connectivity index (χ1n) is 5.64. The van der Waals surface area contributed by atoms with E-state index >= 15 is 0 Å². The molecule has 1 aromatic rings. The van der Waals surface area contributed by atoms with Gasteiger partial charge in [0, 0.05) is 11.7 Å². The minimum Gasteiger partial charge on any atom is -0.394 e. The number of nitrogens with one attached hydrogen (secondary N) is 1. The molecule has 0 amide bonds. The molecule has 0 aromatic carbocycles. The van der Waals surface area contributed by atoms with E-state index in [1.54, 1.807) is 18.0 Å². The molecule has 1 heterocycles. The third-order valence-electron chi connectivity index (χ3n) is 2.78. The molecule has 0 saturated carbocycles. The van der Waals surface area contributed by atoms with Crippen LogP contribution in [-0.2, 0) is 0 Å². The Morgan fingerprint density at radius 1 is 1.53 bits per heavy atom. The minimum absolute atomic E-state index is 0.160.